The maximum absolute atomic E-state index is 11.7. The van der Waals surface area contributed by atoms with Gasteiger partial charge in [-0.3, -0.25) is 0 Å². The van der Waals surface area contributed by atoms with Crippen LogP contribution >= 0.6 is 23.2 Å². The number of nitrogens with zero attached hydrogens (tertiary/aromatic N) is 1. The smallest absolute Gasteiger partial charge is 0.204 e. The Morgan fingerprint density at radius 2 is 1.41 bits per heavy atom. The highest BCUT2D eigenvalue weighted by Crippen LogP contribution is 2.23. The Balaban J connectivity index is 3.44. The number of benzene rings is 1. The third kappa shape index (κ3) is 3.25. The first-order valence-electron chi connectivity index (χ1n) is 4.19. The van der Waals surface area contributed by atoms with E-state index in [1.165, 1.54) is 24.3 Å². The summed E-state index contributed by atoms with van der Waals surface area (Å²) in [4.78, 5) is 0. The van der Waals surface area contributed by atoms with Crippen LogP contribution in [-0.4, -0.2) is 27.3 Å². The monoisotopic (exact) mass is 316 g/mol. The lowest BCUT2D eigenvalue weighted by Gasteiger charge is -2.21. The quantitative estimate of drug-likeness (QED) is 0.769. The number of anilines is 1. The third-order valence-electron chi connectivity index (χ3n) is 1.69. The molecule has 17 heavy (non-hydrogen) atoms. The largest absolute Gasteiger partial charge is 0.262 e. The molecule has 9 heteroatoms. The first-order valence-corrected chi connectivity index (χ1v) is 8.48. The highest BCUT2D eigenvalue weighted by atomic mass is 35.5. The number of sulfonamides is 2. The van der Waals surface area contributed by atoms with Crippen LogP contribution in [0.25, 0.3) is 0 Å². The van der Waals surface area contributed by atoms with Crippen LogP contribution in [0.1, 0.15) is 0 Å². The van der Waals surface area contributed by atoms with Crippen molar-refractivity contribution in [2.45, 2.75) is 0 Å². The summed E-state index contributed by atoms with van der Waals surface area (Å²) in [5.41, 5.74) is -0.0509. The predicted octanol–water partition coefficient (Wildman–Crippen LogP) is 1.35. The van der Waals surface area contributed by atoms with Crippen LogP contribution in [-0.2, 0) is 20.0 Å². The van der Waals surface area contributed by atoms with Gasteiger partial charge >= 0.3 is 0 Å². The van der Waals surface area contributed by atoms with E-state index in [1.807, 2.05) is 0 Å². The molecule has 1 aromatic rings. The summed E-state index contributed by atoms with van der Waals surface area (Å²) < 4.78 is 46.8. The third-order valence-corrected chi connectivity index (χ3v) is 6.69. The molecule has 95 valence electrons. The molecule has 0 bridgehead atoms. The number of alkyl halides is 2. The van der Waals surface area contributed by atoms with E-state index in [0.717, 1.165) is 0 Å². The zero-order valence-corrected chi connectivity index (χ0v) is 11.5. The van der Waals surface area contributed by atoms with E-state index in [9.17, 15) is 16.8 Å². The molecule has 0 amide bonds. The molecule has 1 rings (SSSR count). The second kappa shape index (κ2) is 5.43. The number of hydrogen-bond acceptors (Lipinski definition) is 4. The second-order valence-electron chi connectivity index (χ2n) is 2.90. The topological polar surface area (TPSA) is 71.5 Å². The first-order chi connectivity index (χ1) is 7.85. The van der Waals surface area contributed by atoms with E-state index in [4.69, 9.17) is 23.2 Å². The van der Waals surface area contributed by atoms with Crippen molar-refractivity contribution < 1.29 is 16.8 Å². The van der Waals surface area contributed by atoms with Gasteiger partial charge in [-0.1, -0.05) is 12.1 Å². The molecule has 5 nitrogen and oxygen atoms in total. The second-order valence-corrected chi connectivity index (χ2v) is 7.93. The zero-order valence-electron chi connectivity index (χ0n) is 8.38. The summed E-state index contributed by atoms with van der Waals surface area (Å²) in [5, 5.41) is -1.72. The average Bonchev–Trinajstić information content (AvgIpc) is 2.30. The fourth-order valence-corrected chi connectivity index (χ4v) is 4.78. The molecule has 0 heterocycles. The van der Waals surface area contributed by atoms with Gasteiger partial charge in [0.25, 0.3) is 20.0 Å². The van der Waals surface area contributed by atoms with Crippen molar-refractivity contribution in [2.24, 2.45) is 0 Å². The molecule has 0 spiro atoms. The van der Waals surface area contributed by atoms with Gasteiger partial charge in [0, 0.05) is 0 Å². The normalized spacial score (nSPS) is 12.4. The number of rotatable bonds is 5. The lowest BCUT2D eigenvalue weighted by molar-refractivity contribution is 0.589. The predicted molar refractivity (Wildman–Crippen MR) is 67.0 cm³/mol. The van der Waals surface area contributed by atoms with E-state index in [1.54, 1.807) is 0 Å². The molecule has 0 aliphatic rings. The van der Waals surface area contributed by atoms with Gasteiger partial charge in [-0.15, -0.1) is 23.2 Å². The Morgan fingerprint density at radius 1 is 1.00 bits per heavy atom. The summed E-state index contributed by atoms with van der Waals surface area (Å²) in [6, 6.07) is 7.99. The number of hydrogen-bond donors (Lipinski definition) is 0. The summed E-state index contributed by atoms with van der Waals surface area (Å²) in [7, 11) is -8.34. The Labute approximate surface area is 110 Å². The van der Waals surface area contributed by atoms with E-state index < -0.39 is 30.5 Å². The van der Waals surface area contributed by atoms with Crippen molar-refractivity contribution in [3.8, 4) is 0 Å². The fraction of sp³-hybridized carbons (Fsp3) is 0.250. The Morgan fingerprint density at radius 3 is 1.76 bits per heavy atom. The molecule has 0 unspecified atom stereocenters. The highest BCUT2D eigenvalue weighted by molar-refractivity contribution is 8.11. The highest BCUT2D eigenvalue weighted by Gasteiger charge is 2.32. The van der Waals surface area contributed by atoms with Crippen LogP contribution in [0.4, 0.5) is 5.69 Å². The van der Waals surface area contributed by atoms with Crippen molar-refractivity contribution >= 4 is 48.9 Å². The van der Waals surface area contributed by atoms with Gasteiger partial charge in [-0.2, -0.15) is 3.71 Å². The van der Waals surface area contributed by atoms with Crippen molar-refractivity contribution in [3.63, 3.8) is 0 Å². The molecule has 1 aromatic carbocycles. The minimum absolute atomic E-state index is 0.0509. The number of halogens is 2. The van der Waals surface area contributed by atoms with Crippen LogP contribution in [0, 0.1) is 6.07 Å². The molecule has 0 atom stereocenters. The van der Waals surface area contributed by atoms with Gasteiger partial charge < -0.3 is 0 Å². The maximum Gasteiger partial charge on any atom is 0.262 e. The molecule has 0 fully saturated rings. The van der Waals surface area contributed by atoms with Crippen molar-refractivity contribution in [1.29, 1.82) is 0 Å². The van der Waals surface area contributed by atoms with Crippen molar-refractivity contribution in [1.82, 2.24) is 0 Å². The Kier molecular flexibility index (Phi) is 4.65. The van der Waals surface area contributed by atoms with E-state index in [0.29, 0.717) is 0 Å². The molecule has 0 saturated carbocycles. The van der Waals surface area contributed by atoms with Gasteiger partial charge in [0.15, 0.2) is 0 Å². The van der Waals surface area contributed by atoms with Crippen molar-refractivity contribution in [2.75, 3.05) is 14.1 Å². The molecule has 0 aromatic heterocycles. The minimum atomic E-state index is -4.17. The standard InChI is InChI=1S/C8H8Cl2NO4S2/c9-6-16(12,13)11(17(14,15)7-10)8-4-2-1-3-5-8/h2-5H,6-7H2. The molecular formula is C8H8Cl2NO4S2. The van der Waals surface area contributed by atoms with Gasteiger partial charge in [0.05, 0.1) is 5.69 Å². The average molecular weight is 317 g/mol. The molecule has 0 saturated heterocycles. The summed E-state index contributed by atoms with van der Waals surface area (Å²) >= 11 is 10.5. The van der Waals surface area contributed by atoms with Gasteiger partial charge in [0.1, 0.15) is 10.4 Å². The molecule has 0 aliphatic carbocycles. The summed E-state index contributed by atoms with van der Waals surface area (Å²) in [6.45, 7) is 0. The van der Waals surface area contributed by atoms with Crippen molar-refractivity contribution in [3.05, 3.63) is 30.3 Å². The van der Waals surface area contributed by atoms with Gasteiger partial charge in [-0.05, 0) is 18.2 Å². The zero-order chi connectivity index (χ0) is 13.1. The van der Waals surface area contributed by atoms with Gasteiger partial charge in [0.2, 0.25) is 0 Å². The lowest BCUT2D eigenvalue weighted by Crippen LogP contribution is -2.38. The van der Waals surface area contributed by atoms with E-state index in [2.05, 4.69) is 6.07 Å². The molecular weight excluding hydrogens is 309 g/mol. The van der Waals surface area contributed by atoms with Crippen LogP contribution in [0.2, 0.25) is 0 Å². The van der Waals surface area contributed by atoms with Crippen LogP contribution in [0.3, 0.4) is 0 Å². The summed E-state index contributed by atoms with van der Waals surface area (Å²) in [6.07, 6.45) is 0. The van der Waals surface area contributed by atoms with Gasteiger partial charge in [-0.25, -0.2) is 16.8 Å². The molecule has 0 aliphatic heterocycles. The Bertz CT molecular complexity index is 537. The molecule has 0 N–H and O–H groups in total. The summed E-state index contributed by atoms with van der Waals surface area (Å²) in [5.74, 6) is 0. The van der Waals surface area contributed by atoms with Crippen LogP contribution < -0.4 is 3.71 Å². The maximum atomic E-state index is 11.7. The van der Waals surface area contributed by atoms with E-state index >= 15 is 0 Å². The Hall–Kier alpha value is -0.500. The van der Waals surface area contributed by atoms with E-state index in [-0.39, 0.29) is 9.40 Å². The first kappa shape index (κ1) is 14.6. The lowest BCUT2D eigenvalue weighted by atomic mass is 10.3. The van der Waals surface area contributed by atoms with Crippen LogP contribution in [0.15, 0.2) is 24.3 Å². The fourth-order valence-electron chi connectivity index (χ4n) is 1.08. The minimum Gasteiger partial charge on any atom is -0.204 e. The molecule has 1 radical (unpaired) electrons. The SMILES string of the molecule is O=S(=O)(CCl)N(c1cc[c]cc1)S(=O)(=O)CCl. The van der Waals surface area contributed by atoms with Crippen LogP contribution in [0.5, 0.6) is 0 Å².